The molecule has 2 unspecified atom stereocenters. The van der Waals surface area contributed by atoms with Gasteiger partial charge in [0.05, 0.1) is 13.2 Å². The van der Waals surface area contributed by atoms with Crippen LogP contribution in [0.25, 0.3) is 0 Å². The Morgan fingerprint density at radius 1 is 0.390 bits per heavy atom. The molecule has 0 saturated heterocycles. The predicted molar refractivity (Wildman–Crippen MR) is 331 cm³/mol. The molecule has 2 atom stereocenters. The molecule has 77 heavy (non-hydrogen) atoms. The van der Waals surface area contributed by atoms with Gasteiger partial charge in [0.25, 0.3) is 0 Å². The molecule has 456 valence electrons. The molecule has 0 bridgehead atoms. The molecule has 0 aromatic carbocycles. The van der Waals surface area contributed by atoms with E-state index >= 15 is 0 Å². The summed E-state index contributed by atoms with van der Waals surface area (Å²) in [6.45, 7) is 3.80. The van der Waals surface area contributed by atoms with Crippen molar-refractivity contribution < 1.29 is 37.6 Å². The third-order valence-electron chi connectivity index (χ3n) is 15.3. The summed E-state index contributed by atoms with van der Waals surface area (Å²) in [5.74, 6) is -0.805. The van der Waals surface area contributed by atoms with Crippen LogP contribution in [0.5, 0.6) is 0 Å². The highest BCUT2D eigenvalue weighted by atomic mass is 31.2. The lowest BCUT2D eigenvalue weighted by Gasteiger charge is -2.19. The number of hydrogen-bond acceptors (Lipinski definition) is 8. The van der Waals surface area contributed by atoms with Crippen molar-refractivity contribution in [3.8, 4) is 0 Å². The number of nitrogens with two attached hydrogens (primary N) is 1. The quantitative estimate of drug-likeness (QED) is 0.0264. The Balaban J connectivity index is 3.70. The minimum absolute atomic E-state index is 0.0575. The van der Waals surface area contributed by atoms with Gasteiger partial charge in [-0.05, 0) is 44.9 Å². The first kappa shape index (κ1) is 75.5. The topological polar surface area (TPSA) is 134 Å². The van der Waals surface area contributed by atoms with Crippen LogP contribution in [0.1, 0.15) is 361 Å². The number of phosphoric ester groups is 1. The van der Waals surface area contributed by atoms with Crippen LogP contribution in [0.2, 0.25) is 0 Å². The van der Waals surface area contributed by atoms with Crippen molar-refractivity contribution >= 4 is 19.8 Å². The van der Waals surface area contributed by atoms with E-state index in [-0.39, 0.29) is 38.6 Å². The van der Waals surface area contributed by atoms with Gasteiger partial charge in [-0.25, -0.2) is 4.57 Å². The van der Waals surface area contributed by atoms with Gasteiger partial charge in [0, 0.05) is 19.4 Å². The summed E-state index contributed by atoms with van der Waals surface area (Å²) in [5.41, 5.74) is 5.39. The molecular weight excluding hydrogens is 978 g/mol. The summed E-state index contributed by atoms with van der Waals surface area (Å²) in [7, 11) is -4.38. The molecule has 0 aliphatic heterocycles. The van der Waals surface area contributed by atoms with Crippen LogP contribution in [0, 0.1) is 0 Å². The lowest BCUT2D eigenvalue weighted by Crippen LogP contribution is -2.29. The molecule has 0 amide bonds. The number of unbranched alkanes of at least 4 members (excludes halogenated alkanes) is 48. The monoisotopic (exact) mass is 1110 g/mol. The normalized spacial score (nSPS) is 13.0. The molecule has 0 saturated carbocycles. The highest BCUT2D eigenvalue weighted by Gasteiger charge is 2.26. The zero-order valence-electron chi connectivity index (χ0n) is 51.2. The molecule has 9 nitrogen and oxygen atoms in total. The van der Waals surface area contributed by atoms with Crippen LogP contribution in [0.4, 0.5) is 0 Å². The summed E-state index contributed by atoms with van der Waals surface area (Å²) in [5, 5.41) is 0. The highest BCUT2D eigenvalue weighted by Crippen LogP contribution is 2.43. The third kappa shape index (κ3) is 63.5. The van der Waals surface area contributed by atoms with E-state index in [4.69, 9.17) is 24.3 Å². The van der Waals surface area contributed by atoms with Gasteiger partial charge in [-0.1, -0.05) is 327 Å². The van der Waals surface area contributed by atoms with Crippen LogP contribution in [-0.4, -0.2) is 49.3 Å². The standard InChI is InChI=1S/C67H130NO8P/c1-3-5-7-9-11-13-15-17-19-20-21-22-23-24-25-26-27-28-29-30-31-32-33-34-35-36-37-38-39-40-41-42-43-44-46-48-50-52-54-56-58-60-67(70)76-65(64-75-77(71,72)74-62-61-68)63-73-66(69)59-57-55-53-51-49-47-45-18-16-14-12-10-8-6-4-2/h15,17,20-21,65H,3-14,16,18-19,22-64,68H2,1-2H3,(H,71,72)/b17-15-,21-20-. The second-order valence-electron chi connectivity index (χ2n) is 23.1. The van der Waals surface area contributed by atoms with Gasteiger partial charge in [0.1, 0.15) is 6.61 Å². The van der Waals surface area contributed by atoms with E-state index in [2.05, 4.69) is 38.2 Å². The molecule has 3 N–H and O–H groups in total. The summed E-state index contributed by atoms with van der Waals surface area (Å²) in [6.07, 6.45) is 77.2. The van der Waals surface area contributed by atoms with Gasteiger partial charge >= 0.3 is 19.8 Å². The third-order valence-corrected chi connectivity index (χ3v) is 16.3. The summed E-state index contributed by atoms with van der Waals surface area (Å²) in [6, 6.07) is 0. The van der Waals surface area contributed by atoms with E-state index in [1.54, 1.807) is 0 Å². The molecule has 0 aromatic heterocycles. The van der Waals surface area contributed by atoms with E-state index in [0.717, 1.165) is 38.5 Å². The second-order valence-corrected chi connectivity index (χ2v) is 24.5. The van der Waals surface area contributed by atoms with Crippen molar-refractivity contribution in [2.24, 2.45) is 5.73 Å². The molecule has 10 heteroatoms. The number of carbonyl (C=O) groups is 2. The van der Waals surface area contributed by atoms with Gasteiger partial charge in [0.15, 0.2) is 6.10 Å². The van der Waals surface area contributed by atoms with Gasteiger partial charge in [-0.3, -0.25) is 18.6 Å². The van der Waals surface area contributed by atoms with Gasteiger partial charge in [0.2, 0.25) is 0 Å². The second kappa shape index (κ2) is 63.7. The van der Waals surface area contributed by atoms with Crippen molar-refractivity contribution in [3.63, 3.8) is 0 Å². The molecule has 0 heterocycles. The Kier molecular flexibility index (Phi) is 62.4. The zero-order chi connectivity index (χ0) is 55.9. The fourth-order valence-electron chi connectivity index (χ4n) is 10.3. The predicted octanol–water partition coefficient (Wildman–Crippen LogP) is 21.8. The van der Waals surface area contributed by atoms with Crippen molar-refractivity contribution in [1.29, 1.82) is 0 Å². The fourth-order valence-corrected chi connectivity index (χ4v) is 11.1. The van der Waals surface area contributed by atoms with Crippen LogP contribution in [0.3, 0.4) is 0 Å². The summed E-state index contributed by atoms with van der Waals surface area (Å²) in [4.78, 5) is 35.2. The van der Waals surface area contributed by atoms with E-state index in [9.17, 15) is 19.0 Å². The average Bonchev–Trinajstić information content (AvgIpc) is 3.42. The largest absolute Gasteiger partial charge is 0.472 e. The number of esters is 2. The van der Waals surface area contributed by atoms with Crippen LogP contribution in [-0.2, 0) is 32.7 Å². The molecule has 0 radical (unpaired) electrons. The van der Waals surface area contributed by atoms with Crippen molar-refractivity contribution in [1.82, 2.24) is 0 Å². The maximum Gasteiger partial charge on any atom is 0.472 e. The van der Waals surface area contributed by atoms with E-state index < -0.39 is 26.5 Å². The maximum absolute atomic E-state index is 12.7. The van der Waals surface area contributed by atoms with Crippen LogP contribution in [0.15, 0.2) is 24.3 Å². The Morgan fingerprint density at radius 2 is 0.675 bits per heavy atom. The molecule has 0 spiro atoms. The van der Waals surface area contributed by atoms with E-state index in [1.807, 2.05) is 0 Å². The Labute approximate surface area is 478 Å². The number of carbonyl (C=O) groups excluding carboxylic acids is 2. The molecule has 0 aromatic rings. The molecule has 0 aliphatic carbocycles. The van der Waals surface area contributed by atoms with Gasteiger partial charge in [-0.2, -0.15) is 0 Å². The Hall–Kier alpha value is -1.51. The lowest BCUT2D eigenvalue weighted by molar-refractivity contribution is -0.161. The molecule has 0 aliphatic rings. The van der Waals surface area contributed by atoms with Crippen molar-refractivity contribution in [2.45, 2.75) is 367 Å². The zero-order valence-corrected chi connectivity index (χ0v) is 52.1. The van der Waals surface area contributed by atoms with E-state index in [1.165, 1.54) is 289 Å². The smallest absolute Gasteiger partial charge is 0.462 e. The number of allylic oxidation sites excluding steroid dienone is 4. The number of rotatable bonds is 65. The minimum Gasteiger partial charge on any atom is -0.462 e. The van der Waals surface area contributed by atoms with Crippen molar-refractivity contribution in [2.75, 3.05) is 26.4 Å². The lowest BCUT2D eigenvalue weighted by atomic mass is 10.0. The number of hydrogen-bond donors (Lipinski definition) is 2. The Morgan fingerprint density at radius 3 is 0.987 bits per heavy atom. The Bertz CT molecular complexity index is 1310. The fraction of sp³-hybridized carbons (Fsp3) is 0.910. The molecule has 0 fully saturated rings. The maximum atomic E-state index is 12.7. The van der Waals surface area contributed by atoms with Gasteiger partial charge in [-0.15, -0.1) is 0 Å². The number of ether oxygens (including phenoxy) is 2. The first-order chi connectivity index (χ1) is 37.8. The number of phosphoric acid groups is 1. The van der Waals surface area contributed by atoms with Gasteiger partial charge < -0.3 is 20.1 Å². The van der Waals surface area contributed by atoms with Crippen LogP contribution >= 0.6 is 7.82 Å². The summed E-state index contributed by atoms with van der Waals surface area (Å²) >= 11 is 0. The van der Waals surface area contributed by atoms with Crippen LogP contribution < -0.4 is 5.73 Å². The first-order valence-electron chi connectivity index (χ1n) is 33.8. The van der Waals surface area contributed by atoms with Crippen molar-refractivity contribution in [3.05, 3.63) is 24.3 Å². The average molecular weight is 1110 g/mol. The highest BCUT2D eigenvalue weighted by molar-refractivity contribution is 7.47. The van der Waals surface area contributed by atoms with E-state index in [0.29, 0.717) is 6.42 Å². The SMILES string of the molecule is CCCCCCC/C=C\C/C=C\CCCCCCCCCCCCCCCCCCCCCCCCCCCCCCCC(=O)OC(COC(=O)CCCCCCCCCCCCCCCCC)COP(=O)(O)OCCN. The molecular formula is C67H130NO8P. The first-order valence-corrected chi connectivity index (χ1v) is 35.3. The minimum atomic E-state index is -4.38. The summed E-state index contributed by atoms with van der Waals surface area (Å²) < 4.78 is 33.1. The molecule has 0 rings (SSSR count).